The van der Waals surface area contributed by atoms with Crippen LogP contribution >= 0.6 is 0 Å². The van der Waals surface area contributed by atoms with Crippen LogP contribution in [0.15, 0.2) is 5.10 Å². The van der Waals surface area contributed by atoms with Gasteiger partial charge in [-0.25, -0.2) is 0 Å². The lowest BCUT2D eigenvalue weighted by molar-refractivity contribution is 0.219. The zero-order valence-corrected chi connectivity index (χ0v) is 6.89. The molecule has 1 saturated heterocycles. The second-order valence-corrected chi connectivity index (χ2v) is 3.54. The molecule has 10 heavy (non-hydrogen) atoms. The van der Waals surface area contributed by atoms with Crippen molar-refractivity contribution in [2.24, 2.45) is 10.9 Å². The molecule has 0 atom stereocenters. The summed E-state index contributed by atoms with van der Waals surface area (Å²) in [5.41, 5.74) is 1.35. The van der Waals surface area contributed by atoms with Crippen molar-refractivity contribution in [1.29, 1.82) is 0 Å². The molecule has 0 saturated carbocycles. The summed E-state index contributed by atoms with van der Waals surface area (Å²) in [6.45, 7) is 5.32. The summed E-state index contributed by atoms with van der Waals surface area (Å²) < 4.78 is 0. The van der Waals surface area contributed by atoms with Crippen LogP contribution in [0.2, 0.25) is 0 Å². The molecule has 0 aromatic carbocycles. The molecule has 0 radical (unpaired) electrons. The monoisotopic (exact) mass is 141 g/mol. The minimum atomic E-state index is 0.248. The minimum Gasteiger partial charge on any atom is -0.323 e. The third-order valence-electron chi connectivity index (χ3n) is 2.27. The van der Waals surface area contributed by atoms with Crippen LogP contribution in [-0.2, 0) is 0 Å². The highest BCUT2D eigenvalue weighted by Gasteiger charge is 2.32. The minimum absolute atomic E-state index is 0.248. The normalized spacial score (nSPS) is 29.7. The molecular weight excluding hydrogens is 126 g/mol. The Morgan fingerprint density at radius 2 is 2.20 bits per heavy atom. The summed E-state index contributed by atoms with van der Waals surface area (Å²) in [5.74, 6) is 5.18. The Labute approximate surface area is 61.9 Å². The van der Waals surface area contributed by atoms with E-state index in [1.54, 1.807) is 0 Å². The second-order valence-electron chi connectivity index (χ2n) is 3.54. The highest BCUT2D eigenvalue weighted by atomic mass is 15.2. The van der Waals surface area contributed by atoms with Gasteiger partial charge in [-0.05, 0) is 20.9 Å². The van der Waals surface area contributed by atoms with Crippen molar-refractivity contribution in [3.05, 3.63) is 0 Å². The Hall–Kier alpha value is -0.570. The van der Waals surface area contributed by atoms with Gasteiger partial charge in [-0.2, -0.15) is 5.10 Å². The maximum atomic E-state index is 5.18. The molecule has 0 aliphatic carbocycles. The van der Waals surface area contributed by atoms with Crippen LogP contribution < -0.4 is 5.84 Å². The van der Waals surface area contributed by atoms with Gasteiger partial charge in [0.1, 0.15) is 0 Å². The van der Waals surface area contributed by atoms with Crippen molar-refractivity contribution in [3.8, 4) is 0 Å². The van der Waals surface area contributed by atoms with Gasteiger partial charge in [-0.1, -0.05) is 0 Å². The van der Waals surface area contributed by atoms with Gasteiger partial charge >= 0.3 is 0 Å². The Balaban J connectivity index is 2.71. The zero-order valence-electron chi connectivity index (χ0n) is 6.89. The van der Waals surface area contributed by atoms with E-state index in [0.717, 1.165) is 18.7 Å². The summed E-state index contributed by atoms with van der Waals surface area (Å²) in [6, 6.07) is 0. The van der Waals surface area contributed by atoms with Crippen molar-refractivity contribution in [3.63, 3.8) is 0 Å². The van der Waals surface area contributed by atoms with E-state index in [-0.39, 0.29) is 5.54 Å². The fourth-order valence-electron chi connectivity index (χ4n) is 1.26. The van der Waals surface area contributed by atoms with Gasteiger partial charge in [0.15, 0.2) is 0 Å². The number of hydrazone groups is 1. The Bertz CT molecular complexity index is 160. The topological polar surface area (TPSA) is 41.6 Å². The number of rotatable bonds is 0. The first-order valence-corrected chi connectivity index (χ1v) is 3.53. The lowest BCUT2D eigenvalue weighted by atomic mass is 10.0. The van der Waals surface area contributed by atoms with Gasteiger partial charge in [-0.3, -0.25) is 4.90 Å². The van der Waals surface area contributed by atoms with Gasteiger partial charge in [-0.15, -0.1) is 0 Å². The fourth-order valence-corrected chi connectivity index (χ4v) is 1.26. The molecule has 2 N–H and O–H groups in total. The average Bonchev–Trinajstić information content (AvgIpc) is 2.08. The molecule has 1 fully saturated rings. The summed E-state index contributed by atoms with van der Waals surface area (Å²) in [4.78, 5) is 2.26. The molecular formula is C7H15N3. The molecule has 0 aromatic heterocycles. The molecule has 1 rings (SSSR count). The summed E-state index contributed by atoms with van der Waals surface area (Å²) in [6.07, 6.45) is 1.00. The van der Waals surface area contributed by atoms with Crippen LogP contribution in [0.4, 0.5) is 0 Å². The van der Waals surface area contributed by atoms with E-state index in [4.69, 9.17) is 5.84 Å². The van der Waals surface area contributed by atoms with Gasteiger partial charge in [0.2, 0.25) is 0 Å². The SMILES string of the molecule is CN1C/C(=N\N)CC1(C)C. The molecule has 0 unspecified atom stereocenters. The third kappa shape index (κ3) is 1.14. The van der Waals surface area contributed by atoms with E-state index in [1.807, 2.05) is 0 Å². The number of hydrogen-bond acceptors (Lipinski definition) is 3. The number of nitrogens with zero attached hydrogens (tertiary/aromatic N) is 2. The van der Waals surface area contributed by atoms with Crippen LogP contribution in [-0.4, -0.2) is 29.7 Å². The van der Waals surface area contributed by atoms with Crippen molar-refractivity contribution in [1.82, 2.24) is 4.90 Å². The predicted octanol–water partition coefficient (Wildman–Crippen LogP) is 0.415. The predicted molar refractivity (Wildman–Crippen MR) is 42.9 cm³/mol. The molecule has 0 aromatic rings. The first kappa shape index (κ1) is 7.54. The van der Waals surface area contributed by atoms with E-state index in [0.29, 0.717) is 0 Å². The average molecular weight is 141 g/mol. The van der Waals surface area contributed by atoms with Crippen molar-refractivity contribution >= 4 is 5.71 Å². The smallest absolute Gasteiger partial charge is 0.0534 e. The molecule has 1 aliphatic heterocycles. The third-order valence-corrected chi connectivity index (χ3v) is 2.27. The maximum Gasteiger partial charge on any atom is 0.0534 e. The standard InChI is InChI=1S/C7H15N3/c1-7(2)4-6(9-8)5-10(7)3/h4-5,8H2,1-3H3/b9-6-. The van der Waals surface area contributed by atoms with Crippen molar-refractivity contribution in [2.45, 2.75) is 25.8 Å². The number of nitrogens with two attached hydrogens (primary N) is 1. The van der Waals surface area contributed by atoms with Crippen LogP contribution in [0.1, 0.15) is 20.3 Å². The largest absolute Gasteiger partial charge is 0.323 e. The van der Waals surface area contributed by atoms with E-state index < -0.39 is 0 Å². The van der Waals surface area contributed by atoms with E-state index in [9.17, 15) is 0 Å². The highest BCUT2D eigenvalue weighted by Crippen LogP contribution is 2.23. The molecule has 1 aliphatic rings. The maximum absolute atomic E-state index is 5.18. The molecule has 58 valence electrons. The van der Waals surface area contributed by atoms with E-state index >= 15 is 0 Å². The van der Waals surface area contributed by atoms with Crippen molar-refractivity contribution < 1.29 is 0 Å². The molecule has 3 nitrogen and oxygen atoms in total. The van der Waals surface area contributed by atoms with Gasteiger partial charge in [0.25, 0.3) is 0 Å². The number of likely N-dealkylation sites (tertiary alicyclic amines) is 1. The lowest BCUT2D eigenvalue weighted by Gasteiger charge is -2.25. The van der Waals surface area contributed by atoms with Gasteiger partial charge < -0.3 is 5.84 Å². The highest BCUT2D eigenvalue weighted by molar-refractivity contribution is 5.89. The molecule has 0 amide bonds. The summed E-state index contributed by atoms with van der Waals surface area (Å²) >= 11 is 0. The van der Waals surface area contributed by atoms with Crippen LogP contribution in [0.5, 0.6) is 0 Å². The van der Waals surface area contributed by atoms with Gasteiger partial charge in [0.05, 0.1) is 5.71 Å². The van der Waals surface area contributed by atoms with Crippen LogP contribution in [0.3, 0.4) is 0 Å². The molecule has 1 heterocycles. The Morgan fingerprint density at radius 1 is 1.60 bits per heavy atom. The first-order chi connectivity index (χ1) is 4.56. The Morgan fingerprint density at radius 3 is 2.40 bits per heavy atom. The molecule has 0 spiro atoms. The summed E-state index contributed by atoms with van der Waals surface area (Å²) in [5, 5.41) is 3.71. The first-order valence-electron chi connectivity index (χ1n) is 3.53. The molecule has 3 heteroatoms. The van der Waals surface area contributed by atoms with Crippen molar-refractivity contribution in [2.75, 3.05) is 13.6 Å². The van der Waals surface area contributed by atoms with Crippen LogP contribution in [0.25, 0.3) is 0 Å². The quantitative estimate of drug-likeness (QED) is 0.392. The molecule has 0 bridgehead atoms. The second kappa shape index (κ2) is 2.23. The van der Waals surface area contributed by atoms with E-state index in [1.165, 1.54) is 0 Å². The Kier molecular flexibility index (Phi) is 1.68. The lowest BCUT2D eigenvalue weighted by Crippen LogP contribution is -2.34. The number of hydrogen-bond donors (Lipinski definition) is 1. The zero-order chi connectivity index (χ0) is 7.78. The van der Waals surface area contributed by atoms with Crippen LogP contribution in [0, 0.1) is 0 Å². The fraction of sp³-hybridized carbons (Fsp3) is 0.857. The summed E-state index contributed by atoms with van der Waals surface area (Å²) in [7, 11) is 2.10. The van der Waals surface area contributed by atoms with Gasteiger partial charge in [0, 0.05) is 18.5 Å². The van der Waals surface area contributed by atoms with E-state index in [2.05, 4.69) is 30.9 Å².